The molecule has 0 aliphatic heterocycles. The van der Waals surface area contributed by atoms with Gasteiger partial charge in [0.2, 0.25) is 12.3 Å². The third kappa shape index (κ3) is 3.99. The maximum Gasteiger partial charge on any atom is 0.227 e. The molecule has 0 aliphatic carbocycles. The van der Waals surface area contributed by atoms with Gasteiger partial charge < -0.3 is 0 Å². The van der Waals surface area contributed by atoms with Crippen LogP contribution in [-0.2, 0) is 6.54 Å². The van der Waals surface area contributed by atoms with Crippen LogP contribution in [0.1, 0.15) is 10.4 Å². The van der Waals surface area contributed by atoms with Gasteiger partial charge in [-0.1, -0.05) is 0 Å². The van der Waals surface area contributed by atoms with Crippen LogP contribution >= 0.6 is 32.9 Å². The molecule has 1 aromatic carbocycles. The van der Waals surface area contributed by atoms with E-state index < -0.39 is 0 Å². The predicted molar refractivity (Wildman–Crippen MR) is 75.4 cm³/mol. The second-order valence-corrected chi connectivity index (χ2v) is 4.54. The molecule has 0 unspecified atom stereocenters. The molecule has 0 radical (unpaired) electrons. The standard InChI is InChI=1S/C13H10BrFNO.BrH/c14-11-2-1-7-16(8-11)9-13(17)10-3-5-12(15)6-4-10;/h1-8H,9H2;1H/q+1;. The van der Waals surface area contributed by atoms with E-state index in [0.29, 0.717) is 5.56 Å². The first-order valence-corrected chi connectivity index (χ1v) is 5.88. The second kappa shape index (κ2) is 6.75. The summed E-state index contributed by atoms with van der Waals surface area (Å²) < 4.78 is 15.4. The molecule has 0 saturated carbocycles. The Morgan fingerprint density at radius 1 is 1.22 bits per heavy atom. The Kier molecular flexibility index (Phi) is 5.62. The van der Waals surface area contributed by atoms with Crippen LogP contribution in [0.4, 0.5) is 4.39 Å². The van der Waals surface area contributed by atoms with Crippen LogP contribution in [-0.4, -0.2) is 5.78 Å². The Balaban J connectivity index is 0.00000162. The van der Waals surface area contributed by atoms with Crippen LogP contribution in [0.15, 0.2) is 53.3 Å². The number of hydrogen-bond acceptors (Lipinski definition) is 1. The fourth-order valence-corrected chi connectivity index (χ4v) is 1.90. The minimum Gasteiger partial charge on any atom is -0.287 e. The average Bonchev–Trinajstić information content (AvgIpc) is 2.29. The summed E-state index contributed by atoms with van der Waals surface area (Å²) in [6.07, 6.45) is 3.63. The zero-order chi connectivity index (χ0) is 12.3. The smallest absolute Gasteiger partial charge is 0.227 e. The van der Waals surface area contributed by atoms with Crippen molar-refractivity contribution in [3.63, 3.8) is 0 Å². The van der Waals surface area contributed by atoms with Gasteiger partial charge in [0, 0.05) is 11.6 Å². The van der Waals surface area contributed by atoms with Crippen LogP contribution in [0.25, 0.3) is 0 Å². The lowest BCUT2D eigenvalue weighted by molar-refractivity contribution is -0.683. The maximum absolute atomic E-state index is 12.7. The number of carbonyl (C=O) groups excluding carboxylic acids is 1. The number of aromatic nitrogens is 1. The third-order valence-corrected chi connectivity index (χ3v) is 2.78. The Morgan fingerprint density at radius 2 is 1.89 bits per heavy atom. The summed E-state index contributed by atoms with van der Waals surface area (Å²) in [7, 11) is 0. The lowest BCUT2D eigenvalue weighted by Crippen LogP contribution is -2.37. The molecule has 18 heavy (non-hydrogen) atoms. The van der Waals surface area contributed by atoms with Crippen molar-refractivity contribution in [3.8, 4) is 0 Å². The Labute approximate surface area is 123 Å². The summed E-state index contributed by atoms with van der Waals surface area (Å²) in [6, 6.07) is 9.31. The average molecular weight is 376 g/mol. The van der Waals surface area contributed by atoms with Gasteiger partial charge in [0.1, 0.15) is 5.82 Å². The summed E-state index contributed by atoms with van der Waals surface area (Å²) in [5, 5.41) is 0. The molecule has 0 fully saturated rings. The van der Waals surface area contributed by atoms with Crippen molar-refractivity contribution >= 4 is 38.7 Å². The maximum atomic E-state index is 12.7. The van der Waals surface area contributed by atoms with E-state index in [1.54, 1.807) is 4.57 Å². The van der Waals surface area contributed by atoms with Gasteiger partial charge in [0.05, 0.1) is 4.47 Å². The van der Waals surface area contributed by atoms with Crippen molar-refractivity contribution in [3.05, 3.63) is 64.6 Å². The van der Waals surface area contributed by atoms with E-state index in [2.05, 4.69) is 15.9 Å². The quantitative estimate of drug-likeness (QED) is 0.595. The summed E-state index contributed by atoms with van der Waals surface area (Å²) in [6.45, 7) is 0.241. The van der Waals surface area contributed by atoms with Gasteiger partial charge in [0.15, 0.2) is 12.4 Å². The number of benzene rings is 1. The molecular weight excluding hydrogens is 365 g/mol. The van der Waals surface area contributed by atoms with E-state index in [1.165, 1.54) is 24.3 Å². The van der Waals surface area contributed by atoms with E-state index in [-0.39, 0.29) is 35.1 Å². The number of pyridine rings is 1. The minimum absolute atomic E-state index is 0. The highest BCUT2D eigenvalue weighted by Gasteiger charge is 2.12. The molecule has 0 spiro atoms. The first-order chi connectivity index (χ1) is 8.15. The summed E-state index contributed by atoms with van der Waals surface area (Å²) >= 11 is 3.34. The molecule has 94 valence electrons. The number of rotatable bonds is 3. The zero-order valence-electron chi connectivity index (χ0n) is 9.35. The lowest BCUT2D eigenvalue weighted by Gasteiger charge is -1.98. The van der Waals surface area contributed by atoms with Crippen LogP contribution in [0.5, 0.6) is 0 Å². The van der Waals surface area contributed by atoms with Crippen molar-refractivity contribution < 1.29 is 13.8 Å². The van der Waals surface area contributed by atoms with Gasteiger partial charge >= 0.3 is 0 Å². The number of hydrogen-bond donors (Lipinski definition) is 0. The highest BCUT2D eigenvalue weighted by molar-refractivity contribution is 9.10. The largest absolute Gasteiger partial charge is 0.287 e. The van der Waals surface area contributed by atoms with E-state index in [4.69, 9.17) is 0 Å². The zero-order valence-corrected chi connectivity index (χ0v) is 12.6. The fourth-order valence-electron chi connectivity index (χ4n) is 1.48. The Morgan fingerprint density at radius 3 is 2.50 bits per heavy atom. The normalized spacial score (nSPS) is 9.67. The SMILES string of the molecule is Br.O=C(C[n+]1cccc(Br)c1)c1ccc(F)cc1. The van der Waals surface area contributed by atoms with Crippen molar-refractivity contribution in [2.45, 2.75) is 6.54 Å². The highest BCUT2D eigenvalue weighted by atomic mass is 79.9. The van der Waals surface area contributed by atoms with Gasteiger partial charge in [-0.25, -0.2) is 4.39 Å². The molecule has 5 heteroatoms. The van der Waals surface area contributed by atoms with Gasteiger partial charge in [-0.2, -0.15) is 4.57 Å². The molecule has 0 saturated heterocycles. The topological polar surface area (TPSA) is 20.9 Å². The van der Waals surface area contributed by atoms with Crippen LogP contribution in [0, 0.1) is 5.82 Å². The molecule has 0 atom stereocenters. The van der Waals surface area contributed by atoms with Crippen molar-refractivity contribution in [2.75, 3.05) is 0 Å². The minimum atomic E-state index is -0.336. The Hall–Kier alpha value is -1.07. The first-order valence-electron chi connectivity index (χ1n) is 5.08. The molecule has 0 amide bonds. The van der Waals surface area contributed by atoms with Gasteiger partial charge in [0.25, 0.3) is 0 Å². The van der Waals surface area contributed by atoms with Gasteiger partial charge in [-0.05, 0) is 46.3 Å². The molecule has 1 heterocycles. The molecule has 2 nitrogen and oxygen atoms in total. The molecular formula is C13H11Br2FNO+. The second-order valence-electron chi connectivity index (χ2n) is 3.62. The number of nitrogens with zero attached hydrogens (tertiary/aromatic N) is 1. The van der Waals surface area contributed by atoms with E-state index >= 15 is 0 Å². The third-order valence-electron chi connectivity index (χ3n) is 2.31. The predicted octanol–water partition coefficient (Wildman–Crippen LogP) is 3.34. The lowest BCUT2D eigenvalue weighted by atomic mass is 10.1. The molecule has 2 aromatic rings. The van der Waals surface area contributed by atoms with Crippen LogP contribution < -0.4 is 4.57 Å². The molecule has 1 aromatic heterocycles. The molecule has 0 N–H and O–H groups in total. The summed E-state index contributed by atoms with van der Waals surface area (Å²) in [5.41, 5.74) is 0.513. The highest BCUT2D eigenvalue weighted by Crippen LogP contribution is 2.05. The van der Waals surface area contributed by atoms with Crippen LogP contribution in [0.2, 0.25) is 0 Å². The van der Waals surface area contributed by atoms with E-state index in [9.17, 15) is 9.18 Å². The van der Waals surface area contributed by atoms with E-state index in [0.717, 1.165) is 4.47 Å². The van der Waals surface area contributed by atoms with E-state index in [1.807, 2.05) is 24.5 Å². The molecule has 0 bridgehead atoms. The molecule has 2 rings (SSSR count). The van der Waals surface area contributed by atoms with Crippen LogP contribution in [0.3, 0.4) is 0 Å². The Bertz CT molecular complexity index is 543. The number of carbonyl (C=O) groups is 1. The summed E-state index contributed by atoms with van der Waals surface area (Å²) in [4.78, 5) is 11.9. The number of ketones is 1. The number of Topliss-reactive ketones (excluding diaryl/α,β-unsaturated/α-hetero) is 1. The first kappa shape index (κ1) is 15.0. The van der Waals surface area contributed by atoms with Gasteiger partial charge in [-0.3, -0.25) is 4.79 Å². The fraction of sp³-hybridized carbons (Fsp3) is 0.0769. The van der Waals surface area contributed by atoms with Crippen molar-refractivity contribution in [1.29, 1.82) is 0 Å². The molecule has 0 aliphatic rings. The van der Waals surface area contributed by atoms with Gasteiger partial charge in [-0.15, -0.1) is 17.0 Å². The monoisotopic (exact) mass is 374 g/mol. The van der Waals surface area contributed by atoms with Crippen molar-refractivity contribution in [1.82, 2.24) is 0 Å². The summed E-state index contributed by atoms with van der Waals surface area (Å²) in [5.74, 6) is -0.384. The number of halogens is 3. The van der Waals surface area contributed by atoms with Crippen molar-refractivity contribution in [2.24, 2.45) is 0 Å².